The van der Waals surface area contributed by atoms with Gasteiger partial charge in [0.15, 0.2) is 0 Å². The number of nitrogens with zero attached hydrogens (tertiary/aromatic N) is 4. The minimum Gasteiger partial charge on any atom is -0.340 e. The molecular formula is C13H15F2N5O. The molecule has 1 N–H and O–H groups in total. The second-order valence-electron chi connectivity index (χ2n) is 5.14. The number of aromatic nitrogens is 4. The van der Waals surface area contributed by atoms with Gasteiger partial charge in [-0.1, -0.05) is 0 Å². The number of carbonyl (C=O) groups is 1. The molecule has 1 saturated carbocycles. The first-order valence-corrected chi connectivity index (χ1v) is 6.67. The number of hydrogen-bond acceptors (Lipinski definition) is 3. The summed E-state index contributed by atoms with van der Waals surface area (Å²) in [6.45, 7) is -2.75. The Bertz CT molecular complexity index is 647. The van der Waals surface area contributed by atoms with E-state index in [-0.39, 0.29) is 11.7 Å². The molecule has 1 aliphatic rings. The van der Waals surface area contributed by atoms with Gasteiger partial charge >= 0.3 is 6.55 Å². The molecule has 112 valence electrons. The standard InChI is InChI=1S/C13H15F2N5O/c1-19-7-5-16-11(19)10(8-2-3-8)17-12(21)9-4-6-20(18-9)13(14)15/h4-8,10,13H,2-3H2,1H3,(H,17,21)/t10-/m1/s1. The molecule has 0 bridgehead atoms. The monoisotopic (exact) mass is 295 g/mol. The Morgan fingerprint density at radius 1 is 1.43 bits per heavy atom. The predicted octanol–water partition coefficient (Wildman–Crippen LogP) is 1.89. The van der Waals surface area contributed by atoms with Crippen molar-refractivity contribution in [1.82, 2.24) is 24.6 Å². The van der Waals surface area contributed by atoms with Crippen molar-refractivity contribution in [3.63, 3.8) is 0 Å². The van der Waals surface area contributed by atoms with Gasteiger partial charge in [0.25, 0.3) is 5.91 Å². The van der Waals surface area contributed by atoms with Gasteiger partial charge in [0, 0.05) is 25.6 Å². The van der Waals surface area contributed by atoms with Crippen molar-refractivity contribution >= 4 is 5.91 Å². The summed E-state index contributed by atoms with van der Waals surface area (Å²) in [6, 6.07) is 1.07. The third-order valence-corrected chi connectivity index (χ3v) is 3.56. The molecule has 2 heterocycles. The van der Waals surface area contributed by atoms with Crippen LogP contribution in [0.1, 0.15) is 41.7 Å². The molecule has 0 radical (unpaired) electrons. The van der Waals surface area contributed by atoms with Crippen LogP contribution in [0.15, 0.2) is 24.7 Å². The van der Waals surface area contributed by atoms with Crippen molar-refractivity contribution in [3.8, 4) is 0 Å². The van der Waals surface area contributed by atoms with Crippen LogP contribution in [-0.2, 0) is 7.05 Å². The molecular weight excluding hydrogens is 280 g/mol. The van der Waals surface area contributed by atoms with E-state index in [2.05, 4.69) is 15.4 Å². The van der Waals surface area contributed by atoms with Crippen LogP contribution in [-0.4, -0.2) is 25.2 Å². The van der Waals surface area contributed by atoms with Crippen LogP contribution in [0.25, 0.3) is 0 Å². The van der Waals surface area contributed by atoms with E-state index < -0.39 is 12.5 Å². The number of amides is 1. The van der Waals surface area contributed by atoms with Gasteiger partial charge in [-0.3, -0.25) is 4.79 Å². The zero-order chi connectivity index (χ0) is 15.0. The van der Waals surface area contributed by atoms with Crippen LogP contribution in [0.4, 0.5) is 8.78 Å². The van der Waals surface area contributed by atoms with Gasteiger partial charge in [-0.05, 0) is 24.8 Å². The van der Waals surface area contributed by atoms with Crippen LogP contribution in [0, 0.1) is 5.92 Å². The fraction of sp³-hybridized carbons (Fsp3) is 0.462. The molecule has 1 fully saturated rings. The van der Waals surface area contributed by atoms with E-state index in [4.69, 9.17) is 0 Å². The first-order chi connectivity index (χ1) is 10.1. The maximum Gasteiger partial charge on any atom is 0.333 e. The number of imidazole rings is 1. The van der Waals surface area contributed by atoms with Crippen LogP contribution in [0.2, 0.25) is 0 Å². The summed E-state index contributed by atoms with van der Waals surface area (Å²) in [5.74, 6) is 0.640. The van der Waals surface area contributed by atoms with Gasteiger partial charge in [-0.25, -0.2) is 9.67 Å². The molecule has 8 heteroatoms. The summed E-state index contributed by atoms with van der Waals surface area (Å²) in [6.07, 6.45) is 6.60. The first-order valence-electron chi connectivity index (χ1n) is 6.67. The van der Waals surface area contributed by atoms with Crippen molar-refractivity contribution in [2.45, 2.75) is 25.4 Å². The van der Waals surface area contributed by atoms with Gasteiger partial charge in [0.1, 0.15) is 11.5 Å². The molecule has 0 aliphatic heterocycles. The van der Waals surface area contributed by atoms with E-state index in [1.54, 1.807) is 6.20 Å². The number of alkyl halides is 2. The van der Waals surface area contributed by atoms with E-state index in [9.17, 15) is 13.6 Å². The Kier molecular flexibility index (Phi) is 3.44. The van der Waals surface area contributed by atoms with Crippen molar-refractivity contribution in [3.05, 3.63) is 36.2 Å². The summed E-state index contributed by atoms with van der Waals surface area (Å²) >= 11 is 0. The van der Waals surface area contributed by atoms with Crippen molar-refractivity contribution in [2.75, 3.05) is 0 Å². The molecule has 2 aromatic heterocycles. The molecule has 6 nitrogen and oxygen atoms in total. The number of aryl methyl sites for hydroxylation is 1. The summed E-state index contributed by atoms with van der Waals surface area (Å²) < 4.78 is 27.3. The predicted molar refractivity (Wildman–Crippen MR) is 69.6 cm³/mol. The van der Waals surface area contributed by atoms with Crippen LogP contribution >= 0.6 is 0 Å². The summed E-state index contributed by atoms with van der Waals surface area (Å²) in [4.78, 5) is 16.4. The van der Waals surface area contributed by atoms with Gasteiger partial charge in [-0.2, -0.15) is 13.9 Å². The highest BCUT2D eigenvalue weighted by Crippen LogP contribution is 2.40. The molecule has 1 aliphatic carbocycles. The minimum atomic E-state index is -2.75. The van der Waals surface area contributed by atoms with Gasteiger partial charge in [0.05, 0.1) is 6.04 Å². The van der Waals surface area contributed by atoms with Gasteiger partial charge < -0.3 is 9.88 Å². The molecule has 21 heavy (non-hydrogen) atoms. The Hall–Kier alpha value is -2.25. The van der Waals surface area contributed by atoms with Crippen LogP contribution < -0.4 is 5.32 Å². The average Bonchev–Trinajstić information content (AvgIpc) is 2.99. The number of rotatable bonds is 5. The molecule has 3 rings (SSSR count). The molecule has 0 aromatic carbocycles. The molecule has 2 aromatic rings. The number of nitrogens with one attached hydrogen (secondary N) is 1. The van der Waals surface area contributed by atoms with E-state index in [0.717, 1.165) is 24.9 Å². The second-order valence-corrected chi connectivity index (χ2v) is 5.14. The highest BCUT2D eigenvalue weighted by molar-refractivity contribution is 5.92. The Balaban J connectivity index is 1.76. The summed E-state index contributed by atoms with van der Waals surface area (Å²) in [5, 5.41) is 6.42. The quantitative estimate of drug-likeness (QED) is 0.916. The minimum absolute atomic E-state index is 0.0184. The van der Waals surface area contributed by atoms with E-state index in [0.29, 0.717) is 10.6 Å². The topological polar surface area (TPSA) is 64.7 Å². The maximum absolute atomic E-state index is 12.5. The maximum atomic E-state index is 12.5. The highest BCUT2D eigenvalue weighted by Gasteiger charge is 2.36. The van der Waals surface area contributed by atoms with Crippen molar-refractivity contribution < 1.29 is 13.6 Å². The Morgan fingerprint density at radius 3 is 2.71 bits per heavy atom. The lowest BCUT2D eigenvalue weighted by atomic mass is 10.1. The molecule has 0 saturated heterocycles. The normalized spacial score (nSPS) is 16.2. The van der Waals surface area contributed by atoms with E-state index in [1.165, 1.54) is 6.07 Å². The Labute approximate surface area is 119 Å². The molecule has 1 amide bonds. The average molecular weight is 295 g/mol. The zero-order valence-corrected chi connectivity index (χ0v) is 11.4. The number of halogens is 2. The zero-order valence-electron chi connectivity index (χ0n) is 11.4. The lowest BCUT2D eigenvalue weighted by molar-refractivity contribution is 0.0559. The van der Waals surface area contributed by atoms with Crippen molar-refractivity contribution in [2.24, 2.45) is 13.0 Å². The van der Waals surface area contributed by atoms with Gasteiger partial charge in [0.2, 0.25) is 0 Å². The summed E-state index contributed by atoms with van der Waals surface area (Å²) in [7, 11) is 1.86. The lowest BCUT2D eigenvalue weighted by Crippen LogP contribution is -2.32. The van der Waals surface area contributed by atoms with Crippen LogP contribution in [0.5, 0.6) is 0 Å². The SMILES string of the molecule is Cn1ccnc1[C@H](NC(=O)c1ccn(C(F)F)n1)C1CC1. The third-order valence-electron chi connectivity index (χ3n) is 3.56. The highest BCUT2D eigenvalue weighted by atomic mass is 19.3. The molecule has 1 atom stereocenters. The summed E-state index contributed by atoms with van der Waals surface area (Å²) in [5.41, 5.74) is -0.0184. The van der Waals surface area contributed by atoms with Gasteiger partial charge in [-0.15, -0.1) is 0 Å². The third kappa shape index (κ3) is 2.79. The first kappa shape index (κ1) is 13.7. The van der Waals surface area contributed by atoms with E-state index >= 15 is 0 Å². The lowest BCUT2D eigenvalue weighted by Gasteiger charge is -2.17. The fourth-order valence-electron chi connectivity index (χ4n) is 2.28. The Morgan fingerprint density at radius 2 is 2.19 bits per heavy atom. The smallest absolute Gasteiger partial charge is 0.333 e. The van der Waals surface area contributed by atoms with Crippen molar-refractivity contribution in [1.29, 1.82) is 0 Å². The van der Waals surface area contributed by atoms with E-state index in [1.807, 2.05) is 17.8 Å². The fourth-order valence-corrected chi connectivity index (χ4v) is 2.28. The van der Waals surface area contributed by atoms with Crippen LogP contribution in [0.3, 0.4) is 0 Å². The molecule has 0 unspecified atom stereocenters. The number of carbonyl (C=O) groups excluding carboxylic acids is 1. The second kappa shape index (κ2) is 5.27. The largest absolute Gasteiger partial charge is 0.340 e. The number of hydrogen-bond donors (Lipinski definition) is 1. The molecule has 0 spiro atoms.